The van der Waals surface area contributed by atoms with Gasteiger partial charge in [0, 0.05) is 11.8 Å². The van der Waals surface area contributed by atoms with Crippen molar-refractivity contribution in [3.63, 3.8) is 0 Å². The van der Waals surface area contributed by atoms with Crippen molar-refractivity contribution < 1.29 is 4.79 Å². The molecular weight excluding hydrogens is 268 g/mol. The number of aromatic amines is 2. The monoisotopic (exact) mass is 288 g/mol. The predicted octanol–water partition coefficient (Wildman–Crippen LogP) is 1.68. The van der Waals surface area contributed by atoms with Gasteiger partial charge in [0.1, 0.15) is 0 Å². The molecule has 1 heterocycles. The minimum Gasteiger partial charge on any atom is -0.325 e. The van der Waals surface area contributed by atoms with Crippen molar-refractivity contribution in [1.29, 1.82) is 0 Å². The number of nitrogens with one attached hydrogen (secondary N) is 3. The Morgan fingerprint density at radius 3 is 2.43 bits per heavy atom. The first-order chi connectivity index (χ1) is 9.95. The fourth-order valence-corrected chi connectivity index (χ4v) is 2.07. The summed E-state index contributed by atoms with van der Waals surface area (Å²) >= 11 is 0. The Morgan fingerprint density at radius 1 is 1.24 bits per heavy atom. The van der Waals surface area contributed by atoms with E-state index in [1.54, 1.807) is 12.1 Å². The third kappa shape index (κ3) is 4.06. The van der Waals surface area contributed by atoms with Gasteiger partial charge in [-0.05, 0) is 30.0 Å². The molecule has 0 aliphatic carbocycles. The molecule has 21 heavy (non-hydrogen) atoms. The summed E-state index contributed by atoms with van der Waals surface area (Å²) in [5, 5.41) is 8.04. The molecule has 1 amide bonds. The van der Waals surface area contributed by atoms with Gasteiger partial charge in [0.05, 0.1) is 11.7 Å². The molecule has 0 bridgehead atoms. The topological polar surface area (TPSA) is 104 Å². The highest BCUT2D eigenvalue weighted by molar-refractivity contribution is 5.94. The van der Waals surface area contributed by atoms with Crippen LogP contribution < -0.4 is 16.6 Å². The zero-order valence-corrected chi connectivity index (χ0v) is 12.1. The molecule has 1 aromatic carbocycles. The normalized spacial score (nSPS) is 12.4. The summed E-state index contributed by atoms with van der Waals surface area (Å²) in [6.07, 6.45) is 0.647. The summed E-state index contributed by atoms with van der Waals surface area (Å²) in [6, 6.07) is 8.17. The van der Waals surface area contributed by atoms with E-state index in [1.165, 1.54) is 6.07 Å². The molecule has 1 aromatic heterocycles. The van der Waals surface area contributed by atoms with Gasteiger partial charge in [0.2, 0.25) is 5.91 Å². The maximum absolute atomic E-state index is 11.9. The second-order valence-corrected chi connectivity index (χ2v) is 5.47. The van der Waals surface area contributed by atoms with E-state index in [0.717, 1.165) is 5.56 Å². The lowest BCUT2D eigenvalue weighted by atomic mass is 10.0. The highest BCUT2D eigenvalue weighted by Crippen LogP contribution is 2.18. The molecule has 0 aliphatic rings. The van der Waals surface area contributed by atoms with Crippen LogP contribution in [0.25, 0.3) is 11.3 Å². The van der Waals surface area contributed by atoms with Crippen molar-refractivity contribution in [3.05, 3.63) is 40.7 Å². The number of H-pyrrole nitrogens is 2. The fourth-order valence-electron chi connectivity index (χ4n) is 2.07. The summed E-state index contributed by atoms with van der Waals surface area (Å²) in [7, 11) is 0. The number of carbonyl (C=O) groups excluding carboxylic acids is 1. The van der Waals surface area contributed by atoms with Crippen molar-refractivity contribution in [2.24, 2.45) is 11.7 Å². The average Bonchev–Trinajstić information content (AvgIpc) is 2.85. The van der Waals surface area contributed by atoms with Crippen LogP contribution >= 0.6 is 0 Å². The molecule has 0 radical (unpaired) electrons. The minimum absolute atomic E-state index is 0.179. The number of nitrogens with two attached hydrogens (primary N) is 1. The van der Waals surface area contributed by atoms with Gasteiger partial charge in [-0.25, -0.2) is 0 Å². The van der Waals surface area contributed by atoms with Crippen LogP contribution in [0.15, 0.2) is 35.1 Å². The zero-order valence-electron chi connectivity index (χ0n) is 12.1. The van der Waals surface area contributed by atoms with E-state index in [9.17, 15) is 9.59 Å². The molecule has 0 spiro atoms. The van der Waals surface area contributed by atoms with Gasteiger partial charge in [-0.15, -0.1) is 0 Å². The zero-order chi connectivity index (χ0) is 15.4. The first-order valence-corrected chi connectivity index (χ1v) is 6.90. The quantitative estimate of drug-likeness (QED) is 0.673. The molecule has 0 fully saturated rings. The first kappa shape index (κ1) is 15.1. The van der Waals surface area contributed by atoms with E-state index in [1.807, 2.05) is 26.0 Å². The van der Waals surface area contributed by atoms with Gasteiger partial charge in [-0.3, -0.25) is 19.8 Å². The van der Waals surface area contributed by atoms with Crippen LogP contribution in [-0.4, -0.2) is 22.1 Å². The molecule has 0 aliphatic heterocycles. The number of carbonyl (C=O) groups is 1. The summed E-state index contributed by atoms with van der Waals surface area (Å²) in [6.45, 7) is 4.05. The summed E-state index contributed by atoms with van der Waals surface area (Å²) in [5.41, 5.74) is 7.90. The predicted molar refractivity (Wildman–Crippen MR) is 82.9 cm³/mol. The van der Waals surface area contributed by atoms with Gasteiger partial charge < -0.3 is 11.1 Å². The molecule has 2 aromatic rings. The number of hydrogen-bond acceptors (Lipinski definition) is 3. The van der Waals surface area contributed by atoms with Crippen LogP contribution in [0.2, 0.25) is 0 Å². The molecule has 0 unspecified atom stereocenters. The van der Waals surface area contributed by atoms with Crippen LogP contribution in [0, 0.1) is 5.92 Å². The van der Waals surface area contributed by atoms with Gasteiger partial charge >= 0.3 is 0 Å². The molecule has 0 saturated heterocycles. The number of aromatic nitrogens is 2. The maximum Gasteiger partial charge on any atom is 0.264 e. The van der Waals surface area contributed by atoms with E-state index in [0.29, 0.717) is 23.7 Å². The summed E-state index contributed by atoms with van der Waals surface area (Å²) < 4.78 is 0. The molecule has 5 N–H and O–H groups in total. The lowest BCUT2D eigenvalue weighted by Crippen LogP contribution is -2.36. The van der Waals surface area contributed by atoms with Crippen molar-refractivity contribution in [2.45, 2.75) is 26.3 Å². The van der Waals surface area contributed by atoms with Gasteiger partial charge in [0.25, 0.3) is 5.56 Å². The molecule has 112 valence electrons. The van der Waals surface area contributed by atoms with Crippen molar-refractivity contribution >= 4 is 11.6 Å². The Hall–Kier alpha value is -2.34. The number of amides is 1. The first-order valence-electron chi connectivity index (χ1n) is 6.90. The Balaban J connectivity index is 2.02. The number of benzene rings is 1. The number of anilines is 1. The number of hydrogen-bond donors (Lipinski definition) is 4. The smallest absolute Gasteiger partial charge is 0.264 e. The fraction of sp³-hybridized carbons (Fsp3) is 0.333. The average molecular weight is 288 g/mol. The van der Waals surface area contributed by atoms with E-state index in [2.05, 4.69) is 15.5 Å². The Labute approximate surface area is 122 Å². The van der Waals surface area contributed by atoms with Crippen molar-refractivity contribution in [2.75, 3.05) is 5.32 Å². The minimum atomic E-state index is -0.509. The Kier molecular flexibility index (Phi) is 4.59. The van der Waals surface area contributed by atoms with E-state index in [4.69, 9.17) is 5.73 Å². The lowest BCUT2D eigenvalue weighted by molar-refractivity contribution is -0.117. The van der Waals surface area contributed by atoms with Gasteiger partial charge in [-0.1, -0.05) is 26.0 Å². The van der Waals surface area contributed by atoms with E-state index in [-0.39, 0.29) is 11.5 Å². The van der Waals surface area contributed by atoms with Gasteiger partial charge in [-0.2, -0.15) is 0 Å². The second-order valence-electron chi connectivity index (χ2n) is 5.47. The van der Waals surface area contributed by atoms with Gasteiger partial charge in [0.15, 0.2) is 0 Å². The Bertz CT molecular complexity index is 655. The third-order valence-corrected chi connectivity index (χ3v) is 3.12. The van der Waals surface area contributed by atoms with Crippen molar-refractivity contribution in [1.82, 2.24) is 10.2 Å². The highest BCUT2D eigenvalue weighted by Gasteiger charge is 2.15. The molecule has 0 saturated carbocycles. The van der Waals surface area contributed by atoms with Crippen LogP contribution in [0.5, 0.6) is 0 Å². The van der Waals surface area contributed by atoms with E-state index < -0.39 is 6.04 Å². The SMILES string of the molecule is CC(C)C[C@H](N)C(=O)Nc1ccc(-c2cc(=O)[nH][nH]2)cc1. The second kappa shape index (κ2) is 6.41. The summed E-state index contributed by atoms with van der Waals surface area (Å²) in [4.78, 5) is 23.0. The van der Waals surface area contributed by atoms with Crippen LogP contribution in [0.1, 0.15) is 20.3 Å². The molecule has 2 rings (SSSR count). The largest absolute Gasteiger partial charge is 0.325 e. The highest BCUT2D eigenvalue weighted by atomic mass is 16.2. The molecular formula is C15H20N4O2. The maximum atomic E-state index is 11.9. The number of rotatable bonds is 5. The van der Waals surface area contributed by atoms with Crippen LogP contribution in [0.3, 0.4) is 0 Å². The molecule has 1 atom stereocenters. The molecule has 6 nitrogen and oxygen atoms in total. The summed E-state index contributed by atoms with van der Waals surface area (Å²) in [5.74, 6) is 0.185. The van der Waals surface area contributed by atoms with Crippen LogP contribution in [0.4, 0.5) is 5.69 Å². The van der Waals surface area contributed by atoms with E-state index >= 15 is 0 Å². The third-order valence-electron chi connectivity index (χ3n) is 3.12. The lowest BCUT2D eigenvalue weighted by Gasteiger charge is -2.14. The van der Waals surface area contributed by atoms with Crippen molar-refractivity contribution in [3.8, 4) is 11.3 Å². The Morgan fingerprint density at radius 2 is 1.90 bits per heavy atom. The molecule has 6 heteroatoms. The van der Waals surface area contributed by atoms with Crippen LogP contribution in [-0.2, 0) is 4.79 Å². The standard InChI is InChI=1S/C15H20N4O2/c1-9(2)7-12(16)15(21)17-11-5-3-10(4-6-11)13-8-14(20)19-18-13/h3-6,8-9,12H,7,16H2,1-2H3,(H,17,21)(H2,18,19,20)/t12-/m0/s1.